The smallest absolute Gasteiger partial charge is 0.267 e. The summed E-state index contributed by atoms with van der Waals surface area (Å²) in [4.78, 5) is 12.6. The lowest BCUT2D eigenvalue weighted by Crippen LogP contribution is -2.50. The molecule has 0 radical (unpaired) electrons. The maximum Gasteiger partial charge on any atom is 0.267 e. The van der Waals surface area contributed by atoms with Crippen molar-refractivity contribution >= 4 is 16.0 Å². The van der Waals surface area contributed by atoms with Gasteiger partial charge in [-0.3, -0.25) is 9.35 Å². The molecule has 300 valence electrons. The lowest BCUT2D eigenvalue weighted by atomic mass is 10.0. The first-order valence-electron chi connectivity index (χ1n) is 21.3. The van der Waals surface area contributed by atoms with E-state index in [-0.39, 0.29) is 6.42 Å². The van der Waals surface area contributed by atoms with Crippen LogP contribution in [0.15, 0.2) is 36.5 Å². The Hall–Kier alpha value is -1.48. The van der Waals surface area contributed by atoms with Crippen molar-refractivity contribution in [3.8, 4) is 0 Å². The number of hydrogen-bond acceptors (Lipinski definition) is 5. The van der Waals surface area contributed by atoms with Crippen LogP contribution < -0.4 is 5.32 Å². The SMILES string of the molecule is CCCCC/C=C\C=C/CCCCCCCC(O)C(=O)NC(CS(=O)(=O)O)C(O)/C=C/CCCCCCCCCCCCCCCCCCCC. The van der Waals surface area contributed by atoms with Gasteiger partial charge in [-0.05, 0) is 44.9 Å². The first-order chi connectivity index (χ1) is 24.7. The summed E-state index contributed by atoms with van der Waals surface area (Å²) in [7, 11) is -4.45. The van der Waals surface area contributed by atoms with E-state index in [0.717, 1.165) is 57.8 Å². The zero-order valence-corrected chi connectivity index (χ0v) is 33.9. The van der Waals surface area contributed by atoms with Gasteiger partial charge in [-0.25, -0.2) is 0 Å². The quantitative estimate of drug-likeness (QED) is 0.0216. The predicted octanol–water partition coefficient (Wildman–Crippen LogP) is 11.5. The number of allylic oxidation sites excluding steroid dienone is 5. The van der Waals surface area contributed by atoms with Crippen molar-refractivity contribution in [3.05, 3.63) is 36.5 Å². The molecule has 0 rings (SSSR count). The molecular weight excluding hydrogens is 659 g/mol. The van der Waals surface area contributed by atoms with Gasteiger partial charge in [0.1, 0.15) is 6.10 Å². The Morgan fingerprint density at radius 1 is 0.549 bits per heavy atom. The number of aliphatic hydroxyl groups is 2. The van der Waals surface area contributed by atoms with Gasteiger partial charge in [0.05, 0.1) is 17.9 Å². The van der Waals surface area contributed by atoms with E-state index in [1.807, 2.05) is 0 Å². The Morgan fingerprint density at radius 3 is 1.33 bits per heavy atom. The lowest BCUT2D eigenvalue weighted by Gasteiger charge is -2.22. The van der Waals surface area contributed by atoms with Crippen molar-refractivity contribution in [2.75, 3.05) is 5.75 Å². The van der Waals surface area contributed by atoms with Crippen molar-refractivity contribution in [1.82, 2.24) is 5.32 Å². The fourth-order valence-electron chi connectivity index (χ4n) is 6.39. The molecular formula is C43H81NO6S. The third-order valence-electron chi connectivity index (χ3n) is 9.70. The molecule has 0 aromatic carbocycles. The van der Waals surface area contributed by atoms with Gasteiger partial charge in [0.2, 0.25) is 5.91 Å². The highest BCUT2D eigenvalue weighted by Gasteiger charge is 2.27. The third-order valence-corrected chi connectivity index (χ3v) is 10.5. The Kier molecular flexibility index (Phi) is 35.8. The van der Waals surface area contributed by atoms with Crippen LogP contribution in [0.5, 0.6) is 0 Å². The van der Waals surface area contributed by atoms with Crippen LogP contribution in [-0.4, -0.2) is 53.1 Å². The summed E-state index contributed by atoms with van der Waals surface area (Å²) in [5, 5.41) is 23.4. The van der Waals surface area contributed by atoms with Crippen LogP contribution in [0.25, 0.3) is 0 Å². The van der Waals surface area contributed by atoms with Gasteiger partial charge in [0.15, 0.2) is 0 Å². The predicted molar refractivity (Wildman–Crippen MR) is 218 cm³/mol. The largest absolute Gasteiger partial charge is 0.387 e. The fourth-order valence-corrected chi connectivity index (χ4v) is 7.12. The van der Waals surface area contributed by atoms with Gasteiger partial charge in [-0.15, -0.1) is 0 Å². The number of nitrogens with one attached hydrogen (secondary N) is 1. The molecule has 4 N–H and O–H groups in total. The number of carbonyl (C=O) groups is 1. The minimum atomic E-state index is -4.45. The molecule has 7 nitrogen and oxygen atoms in total. The first-order valence-corrected chi connectivity index (χ1v) is 22.9. The summed E-state index contributed by atoms with van der Waals surface area (Å²) in [6, 6.07) is -1.24. The van der Waals surface area contributed by atoms with E-state index in [4.69, 9.17) is 0 Å². The zero-order valence-electron chi connectivity index (χ0n) is 33.1. The van der Waals surface area contributed by atoms with Gasteiger partial charge < -0.3 is 15.5 Å². The van der Waals surface area contributed by atoms with Crippen LogP contribution in [0.2, 0.25) is 0 Å². The van der Waals surface area contributed by atoms with Crippen LogP contribution in [0.4, 0.5) is 0 Å². The Labute approximate surface area is 315 Å². The number of rotatable bonds is 38. The molecule has 0 aromatic rings. The van der Waals surface area contributed by atoms with E-state index in [1.54, 1.807) is 6.08 Å². The monoisotopic (exact) mass is 740 g/mol. The lowest BCUT2D eigenvalue weighted by molar-refractivity contribution is -0.130. The van der Waals surface area contributed by atoms with Gasteiger partial charge in [0, 0.05) is 0 Å². The second-order valence-electron chi connectivity index (χ2n) is 14.8. The highest BCUT2D eigenvalue weighted by atomic mass is 32.2. The molecule has 0 saturated heterocycles. The summed E-state index contributed by atoms with van der Waals surface area (Å²) < 4.78 is 32.5. The van der Waals surface area contributed by atoms with E-state index in [9.17, 15) is 28.0 Å². The van der Waals surface area contributed by atoms with Crippen LogP contribution in [0.1, 0.15) is 206 Å². The van der Waals surface area contributed by atoms with E-state index in [2.05, 4.69) is 43.5 Å². The molecule has 3 unspecified atom stereocenters. The molecule has 0 fully saturated rings. The molecule has 8 heteroatoms. The minimum absolute atomic E-state index is 0.262. The van der Waals surface area contributed by atoms with Crippen LogP contribution in [0, 0.1) is 0 Å². The Morgan fingerprint density at radius 2 is 0.902 bits per heavy atom. The second-order valence-corrected chi connectivity index (χ2v) is 16.3. The molecule has 0 aliphatic carbocycles. The summed E-state index contributed by atoms with van der Waals surface area (Å²) in [6.45, 7) is 4.48. The van der Waals surface area contributed by atoms with E-state index < -0.39 is 40.0 Å². The number of unbranched alkanes of at least 4 members (excludes halogenated alkanes) is 26. The summed E-state index contributed by atoms with van der Waals surface area (Å²) in [5.41, 5.74) is 0. The van der Waals surface area contributed by atoms with Crippen molar-refractivity contribution in [3.63, 3.8) is 0 Å². The Balaban J connectivity index is 4.02. The summed E-state index contributed by atoms with van der Waals surface area (Å²) >= 11 is 0. The molecule has 3 atom stereocenters. The molecule has 1 amide bonds. The minimum Gasteiger partial charge on any atom is -0.387 e. The van der Waals surface area contributed by atoms with Crippen LogP contribution >= 0.6 is 0 Å². The van der Waals surface area contributed by atoms with Crippen LogP contribution in [-0.2, 0) is 14.9 Å². The molecule has 0 heterocycles. The summed E-state index contributed by atoms with van der Waals surface area (Å²) in [6.07, 6.45) is 44.8. The highest BCUT2D eigenvalue weighted by molar-refractivity contribution is 7.85. The topological polar surface area (TPSA) is 124 Å². The molecule has 0 saturated carbocycles. The van der Waals surface area contributed by atoms with Crippen molar-refractivity contribution in [2.24, 2.45) is 0 Å². The van der Waals surface area contributed by atoms with Crippen molar-refractivity contribution < 1.29 is 28.0 Å². The number of aliphatic hydroxyl groups excluding tert-OH is 2. The van der Waals surface area contributed by atoms with Gasteiger partial charge >= 0.3 is 0 Å². The number of amides is 1. The second kappa shape index (κ2) is 36.9. The van der Waals surface area contributed by atoms with E-state index in [1.165, 1.54) is 128 Å². The average molecular weight is 740 g/mol. The first kappa shape index (κ1) is 49.5. The molecule has 0 aromatic heterocycles. The van der Waals surface area contributed by atoms with Crippen LogP contribution in [0.3, 0.4) is 0 Å². The van der Waals surface area contributed by atoms with E-state index >= 15 is 0 Å². The highest BCUT2D eigenvalue weighted by Crippen LogP contribution is 2.15. The maximum absolute atomic E-state index is 12.6. The zero-order chi connectivity index (χ0) is 37.7. The standard InChI is InChI=1S/C43H81NO6S/c1-3-5-7-9-11-13-15-17-19-20-21-22-23-24-26-27-29-31-33-35-37-41(45)40(39-51(48,49)50)44-43(47)42(46)38-36-34-32-30-28-25-18-16-14-12-10-8-6-4-2/h12,14,16,18,35,37,40-42,45-46H,3-11,13,15,17,19-34,36,38-39H2,1-2H3,(H,44,47)(H,48,49,50)/b14-12-,18-16-,37-35+. The normalized spacial score (nSPS) is 14.2. The molecule has 0 spiro atoms. The molecule has 0 aliphatic rings. The maximum atomic E-state index is 12.6. The Bertz CT molecular complexity index is 964. The molecule has 0 aliphatic heterocycles. The summed E-state index contributed by atoms with van der Waals surface area (Å²) in [5.74, 6) is -1.55. The van der Waals surface area contributed by atoms with Gasteiger partial charge in [0.25, 0.3) is 10.1 Å². The number of carbonyl (C=O) groups excluding carboxylic acids is 1. The fraction of sp³-hybridized carbons (Fsp3) is 0.837. The molecule has 0 bridgehead atoms. The number of hydrogen-bond donors (Lipinski definition) is 4. The van der Waals surface area contributed by atoms with Gasteiger partial charge in [-0.1, -0.05) is 198 Å². The van der Waals surface area contributed by atoms with Crippen molar-refractivity contribution in [2.45, 2.75) is 225 Å². The third kappa shape index (κ3) is 36.7. The van der Waals surface area contributed by atoms with Crippen molar-refractivity contribution in [1.29, 1.82) is 0 Å². The average Bonchev–Trinajstić information content (AvgIpc) is 3.09. The van der Waals surface area contributed by atoms with Gasteiger partial charge in [-0.2, -0.15) is 8.42 Å². The van der Waals surface area contributed by atoms with E-state index in [0.29, 0.717) is 6.42 Å². The molecule has 51 heavy (non-hydrogen) atoms.